The molecule has 0 aliphatic carbocycles. The Bertz CT molecular complexity index is 906. The lowest BCUT2D eigenvalue weighted by Gasteiger charge is -2.16. The van der Waals surface area contributed by atoms with Crippen molar-refractivity contribution in [1.82, 2.24) is 14.7 Å². The van der Waals surface area contributed by atoms with Gasteiger partial charge in [0.1, 0.15) is 12.4 Å². The normalized spacial score (nSPS) is 10.6. The molecule has 0 aliphatic heterocycles. The highest BCUT2D eigenvalue weighted by atomic mass is 79.9. The summed E-state index contributed by atoms with van der Waals surface area (Å²) in [4.78, 5) is 14.3. The molecule has 6 heteroatoms. The molecule has 2 aromatic carbocycles. The number of aryl methyl sites for hydroxylation is 1. The van der Waals surface area contributed by atoms with E-state index in [4.69, 9.17) is 4.74 Å². The Morgan fingerprint density at radius 2 is 1.89 bits per heavy atom. The monoisotopic (exact) mass is 427 g/mol. The number of nitrogens with zero attached hydrogens (tertiary/aromatic N) is 3. The number of amides is 1. The lowest BCUT2D eigenvalue weighted by Crippen LogP contribution is -2.26. The molecule has 0 saturated heterocycles. The number of ether oxygens (including phenoxy) is 1. The standard InChI is InChI=1S/C21H22BrN3O2/c1-3-25-13-12-18(23-25)14-24(2)21(26)17-10-8-16(9-11-17)15-27-20-7-5-4-6-19(20)22/h4-13H,3,14-15H2,1-2H3. The number of para-hydroxylation sites is 1. The van der Waals surface area contributed by atoms with Crippen molar-refractivity contribution >= 4 is 21.8 Å². The van der Waals surface area contributed by atoms with E-state index in [9.17, 15) is 4.79 Å². The molecular formula is C21H22BrN3O2. The number of benzene rings is 2. The first kappa shape index (κ1) is 19.2. The quantitative estimate of drug-likeness (QED) is 0.556. The SMILES string of the molecule is CCn1ccc(CN(C)C(=O)c2ccc(COc3ccccc3Br)cc2)n1. The van der Waals surface area contributed by atoms with Gasteiger partial charge in [-0.05, 0) is 58.7 Å². The number of hydrogen-bond acceptors (Lipinski definition) is 3. The summed E-state index contributed by atoms with van der Waals surface area (Å²) in [6.07, 6.45) is 1.92. The third-order valence-electron chi connectivity index (χ3n) is 4.20. The van der Waals surface area contributed by atoms with E-state index in [1.807, 2.05) is 72.4 Å². The van der Waals surface area contributed by atoms with Gasteiger partial charge in [-0.1, -0.05) is 24.3 Å². The molecule has 0 aliphatic rings. The lowest BCUT2D eigenvalue weighted by molar-refractivity contribution is 0.0783. The topological polar surface area (TPSA) is 47.4 Å². The van der Waals surface area contributed by atoms with Gasteiger partial charge in [0, 0.05) is 25.4 Å². The molecule has 1 amide bonds. The molecule has 27 heavy (non-hydrogen) atoms. The van der Waals surface area contributed by atoms with Gasteiger partial charge in [-0.2, -0.15) is 5.10 Å². The van der Waals surface area contributed by atoms with Crippen LogP contribution in [0, 0.1) is 0 Å². The van der Waals surface area contributed by atoms with E-state index in [1.54, 1.807) is 11.9 Å². The Morgan fingerprint density at radius 3 is 2.56 bits per heavy atom. The van der Waals surface area contributed by atoms with Crippen molar-refractivity contribution in [1.29, 1.82) is 0 Å². The number of carbonyl (C=O) groups excluding carboxylic acids is 1. The third kappa shape index (κ3) is 4.98. The fourth-order valence-corrected chi connectivity index (χ4v) is 3.07. The second-order valence-electron chi connectivity index (χ2n) is 6.24. The summed E-state index contributed by atoms with van der Waals surface area (Å²) < 4.78 is 8.58. The molecule has 0 N–H and O–H groups in total. The van der Waals surface area contributed by atoms with Crippen molar-refractivity contribution in [3.8, 4) is 5.75 Å². The van der Waals surface area contributed by atoms with Gasteiger partial charge in [0.05, 0.1) is 16.7 Å². The Morgan fingerprint density at radius 1 is 1.15 bits per heavy atom. The summed E-state index contributed by atoms with van der Waals surface area (Å²) in [6.45, 7) is 3.79. The first-order valence-corrected chi connectivity index (χ1v) is 9.60. The van der Waals surface area contributed by atoms with E-state index >= 15 is 0 Å². The number of carbonyl (C=O) groups is 1. The van der Waals surface area contributed by atoms with E-state index in [2.05, 4.69) is 21.0 Å². The van der Waals surface area contributed by atoms with Crippen LogP contribution in [0.25, 0.3) is 0 Å². The van der Waals surface area contributed by atoms with Gasteiger partial charge < -0.3 is 9.64 Å². The van der Waals surface area contributed by atoms with Gasteiger partial charge >= 0.3 is 0 Å². The highest BCUT2D eigenvalue weighted by molar-refractivity contribution is 9.10. The molecule has 0 fully saturated rings. The fourth-order valence-electron chi connectivity index (χ4n) is 2.67. The van der Waals surface area contributed by atoms with Crippen LogP contribution < -0.4 is 4.74 Å². The predicted octanol–water partition coefficient (Wildman–Crippen LogP) is 4.52. The Hall–Kier alpha value is -2.60. The highest BCUT2D eigenvalue weighted by Crippen LogP contribution is 2.24. The number of hydrogen-bond donors (Lipinski definition) is 0. The van der Waals surface area contributed by atoms with E-state index in [1.165, 1.54) is 0 Å². The molecule has 0 radical (unpaired) electrons. The minimum absolute atomic E-state index is 0.0284. The van der Waals surface area contributed by atoms with Gasteiger partial charge in [-0.25, -0.2) is 0 Å². The van der Waals surface area contributed by atoms with Crippen LogP contribution in [0.15, 0.2) is 65.3 Å². The van der Waals surface area contributed by atoms with Crippen molar-refractivity contribution in [2.45, 2.75) is 26.6 Å². The maximum atomic E-state index is 12.6. The van der Waals surface area contributed by atoms with Crippen LogP contribution in [0.4, 0.5) is 0 Å². The zero-order valence-electron chi connectivity index (χ0n) is 15.4. The van der Waals surface area contributed by atoms with Crippen molar-refractivity contribution < 1.29 is 9.53 Å². The third-order valence-corrected chi connectivity index (χ3v) is 4.85. The largest absolute Gasteiger partial charge is 0.488 e. The van der Waals surface area contributed by atoms with Gasteiger partial charge in [0.25, 0.3) is 5.91 Å². The van der Waals surface area contributed by atoms with Gasteiger partial charge in [0.2, 0.25) is 0 Å². The average Bonchev–Trinajstić information content (AvgIpc) is 3.15. The van der Waals surface area contributed by atoms with Crippen LogP contribution in [-0.2, 0) is 19.7 Å². The summed E-state index contributed by atoms with van der Waals surface area (Å²) in [7, 11) is 1.79. The molecule has 3 aromatic rings. The molecule has 0 bridgehead atoms. The molecule has 1 aromatic heterocycles. The minimum Gasteiger partial charge on any atom is -0.488 e. The first-order valence-electron chi connectivity index (χ1n) is 8.81. The molecule has 140 valence electrons. The molecule has 3 rings (SSSR count). The molecular weight excluding hydrogens is 406 g/mol. The van der Waals surface area contributed by atoms with E-state index in [0.29, 0.717) is 18.7 Å². The van der Waals surface area contributed by atoms with Crippen molar-refractivity contribution in [2.75, 3.05) is 7.05 Å². The van der Waals surface area contributed by atoms with Crippen LogP contribution in [0.5, 0.6) is 5.75 Å². The molecule has 0 saturated carbocycles. The average molecular weight is 428 g/mol. The minimum atomic E-state index is -0.0284. The summed E-state index contributed by atoms with van der Waals surface area (Å²) in [6, 6.07) is 17.2. The smallest absolute Gasteiger partial charge is 0.253 e. The fraction of sp³-hybridized carbons (Fsp3) is 0.238. The first-order chi connectivity index (χ1) is 13.1. The van der Waals surface area contributed by atoms with Crippen LogP contribution in [0.2, 0.25) is 0 Å². The Labute approximate surface area is 167 Å². The Kier molecular flexibility index (Phi) is 6.29. The predicted molar refractivity (Wildman–Crippen MR) is 109 cm³/mol. The Balaban J connectivity index is 1.58. The van der Waals surface area contributed by atoms with E-state index < -0.39 is 0 Å². The summed E-state index contributed by atoms with van der Waals surface area (Å²) in [5, 5.41) is 4.42. The number of halogens is 1. The van der Waals surface area contributed by atoms with Gasteiger partial charge in [0.15, 0.2) is 0 Å². The van der Waals surface area contributed by atoms with Crippen LogP contribution in [0.1, 0.15) is 28.5 Å². The molecule has 0 unspecified atom stereocenters. The summed E-state index contributed by atoms with van der Waals surface area (Å²) in [5.41, 5.74) is 2.54. The van der Waals surface area contributed by atoms with Gasteiger partial charge in [-0.3, -0.25) is 9.48 Å². The molecule has 5 nitrogen and oxygen atoms in total. The van der Waals surface area contributed by atoms with Crippen LogP contribution >= 0.6 is 15.9 Å². The number of aromatic nitrogens is 2. The summed E-state index contributed by atoms with van der Waals surface area (Å²) >= 11 is 3.47. The van der Waals surface area contributed by atoms with E-state index in [-0.39, 0.29) is 5.91 Å². The van der Waals surface area contributed by atoms with Crippen molar-refractivity contribution in [3.05, 3.63) is 82.1 Å². The van der Waals surface area contributed by atoms with Crippen LogP contribution in [-0.4, -0.2) is 27.6 Å². The maximum Gasteiger partial charge on any atom is 0.253 e. The highest BCUT2D eigenvalue weighted by Gasteiger charge is 2.13. The second-order valence-corrected chi connectivity index (χ2v) is 7.09. The molecule has 0 atom stereocenters. The maximum absolute atomic E-state index is 12.6. The second kappa shape index (κ2) is 8.86. The van der Waals surface area contributed by atoms with Crippen LogP contribution in [0.3, 0.4) is 0 Å². The van der Waals surface area contributed by atoms with Gasteiger partial charge in [-0.15, -0.1) is 0 Å². The summed E-state index contributed by atoms with van der Waals surface area (Å²) in [5.74, 6) is 0.767. The van der Waals surface area contributed by atoms with Crippen molar-refractivity contribution in [2.24, 2.45) is 0 Å². The van der Waals surface area contributed by atoms with Crippen molar-refractivity contribution in [3.63, 3.8) is 0 Å². The molecule has 1 heterocycles. The molecule has 0 spiro atoms. The zero-order chi connectivity index (χ0) is 19.2. The number of rotatable bonds is 7. The lowest BCUT2D eigenvalue weighted by atomic mass is 10.1. The van der Waals surface area contributed by atoms with E-state index in [0.717, 1.165) is 28.0 Å². The zero-order valence-corrected chi connectivity index (χ0v) is 17.0.